The van der Waals surface area contributed by atoms with E-state index in [0.717, 1.165) is 17.8 Å². The number of carbonyl (C=O) groups excluding carboxylic acids is 1. The molecule has 0 aliphatic rings. The number of anilines is 2. The maximum atomic E-state index is 13.0. The Bertz CT molecular complexity index is 707. The quantitative estimate of drug-likeness (QED) is 0.826. The Morgan fingerprint density at radius 3 is 2.68 bits per heavy atom. The van der Waals surface area contributed by atoms with Crippen molar-refractivity contribution in [1.82, 2.24) is 9.97 Å². The third kappa shape index (κ3) is 3.73. The molecule has 0 bridgehead atoms. The van der Waals surface area contributed by atoms with Gasteiger partial charge in [0.1, 0.15) is 5.56 Å². The number of carbonyl (C=O) groups is 1. The molecule has 0 unspecified atom stereocenters. The van der Waals surface area contributed by atoms with Crippen LogP contribution in [0.2, 0.25) is 0 Å². The SMILES string of the molecule is COC(=O)c1cnc(Nc2cccc(Br)c2)nc1C(F)(F)F. The fourth-order valence-corrected chi connectivity index (χ4v) is 2.01. The predicted molar refractivity (Wildman–Crippen MR) is 75.8 cm³/mol. The van der Waals surface area contributed by atoms with Crippen LogP contribution in [0.5, 0.6) is 0 Å². The molecule has 2 aromatic rings. The van der Waals surface area contributed by atoms with Crippen molar-refractivity contribution in [3.05, 3.63) is 46.2 Å². The van der Waals surface area contributed by atoms with Crippen molar-refractivity contribution < 1.29 is 22.7 Å². The number of alkyl halides is 3. The summed E-state index contributed by atoms with van der Waals surface area (Å²) in [5.74, 6) is -1.43. The Kier molecular flexibility index (Phi) is 4.65. The number of nitrogens with zero attached hydrogens (tertiary/aromatic N) is 2. The third-order valence-electron chi connectivity index (χ3n) is 2.54. The monoisotopic (exact) mass is 375 g/mol. The van der Waals surface area contributed by atoms with E-state index in [1.165, 1.54) is 0 Å². The van der Waals surface area contributed by atoms with Gasteiger partial charge in [0.25, 0.3) is 0 Å². The number of esters is 1. The van der Waals surface area contributed by atoms with Crippen molar-refractivity contribution in [2.24, 2.45) is 0 Å². The lowest BCUT2D eigenvalue weighted by atomic mass is 10.2. The molecule has 0 fully saturated rings. The normalized spacial score (nSPS) is 11.1. The van der Waals surface area contributed by atoms with Crippen LogP contribution in [0.15, 0.2) is 34.9 Å². The summed E-state index contributed by atoms with van der Waals surface area (Å²) in [5, 5.41) is 2.64. The summed E-state index contributed by atoms with van der Waals surface area (Å²) in [6.07, 6.45) is -4.03. The molecule has 1 aromatic carbocycles. The second-order valence-electron chi connectivity index (χ2n) is 4.08. The van der Waals surface area contributed by atoms with Crippen molar-refractivity contribution in [2.75, 3.05) is 12.4 Å². The first-order valence-corrected chi connectivity index (χ1v) is 6.65. The Morgan fingerprint density at radius 1 is 1.36 bits per heavy atom. The van der Waals surface area contributed by atoms with Gasteiger partial charge in [-0.1, -0.05) is 22.0 Å². The molecule has 116 valence electrons. The Hall–Kier alpha value is -2.16. The summed E-state index contributed by atoms with van der Waals surface area (Å²) in [7, 11) is 0.982. The molecule has 1 heterocycles. The van der Waals surface area contributed by atoms with Crippen LogP contribution in [0, 0.1) is 0 Å². The minimum Gasteiger partial charge on any atom is -0.465 e. The van der Waals surface area contributed by atoms with Crippen LogP contribution < -0.4 is 5.32 Å². The number of ether oxygens (including phenoxy) is 1. The van der Waals surface area contributed by atoms with Gasteiger partial charge in [-0.25, -0.2) is 14.8 Å². The largest absolute Gasteiger partial charge is 0.465 e. The first-order valence-electron chi connectivity index (χ1n) is 5.86. The third-order valence-corrected chi connectivity index (χ3v) is 3.04. The lowest BCUT2D eigenvalue weighted by Gasteiger charge is -2.12. The minimum atomic E-state index is -4.81. The molecule has 9 heteroatoms. The van der Waals surface area contributed by atoms with E-state index in [4.69, 9.17) is 0 Å². The highest BCUT2D eigenvalue weighted by atomic mass is 79.9. The molecule has 1 aromatic heterocycles. The molecule has 0 radical (unpaired) electrons. The van der Waals surface area contributed by atoms with Crippen LogP contribution in [0.25, 0.3) is 0 Å². The number of halogens is 4. The lowest BCUT2D eigenvalue weighted by molar-refractivity contribution is -0.141. The van der Waals surface area contributed by atoms with Crippen LogP contribution in [0.1, 0.15) is 16.1 Å². The van der Waals surface area contributed by atoms with Gasteiger partial charge in [0.15, 0.2) is 5.69 Å². The zero-order valence-electron chi connectivity index (χ0n) is 11.1. The molecule has 22 heavy (non-hydrogen) atoms. The predicted octanol–water partition coefficient (Wildman–Crippen LogP) is 3.79. The van der Waals surface area contributed by atoms with E-state index in [1.807, 2.05) is 0 Å². The first-order chi connectivity index (χ1) is 10.3. The van der Waals surface area contributed by atoms with Gasteiger partial charge < -0.3 is 10.1 Å². The molecule has 0 amide bonds. The Morgan fingerprint density at radius 2 is 2.09 bits per heavy atom. The van der Waals surface area contributed by atoms with Gasteiger partial charge in [-0.2, -0.15) is 13.2 Å². The van der Waals surface area contributed by atoms with E-state index in [1.54, 1.807) is 24.3 Å². The molecular formula is C13H9BrF3N3O2. The average Bonchev–Trinajstić information content (AvgIpc) is 2.45. The zero-order valence-corrected chi connectivity index (χ0v) is 12.7. The summed E-state index contributed by atoms with van der Waals surface area (Å²) in [6.45, 7) is 0. The number of hydrogen-bond donors (Lipinski definition) is 1. The lowest BCUT2D eigenvalue weighted by Crippen LogP contribution is -2.18. The maximum Gasteiger partial charge on any atom is 0.434 e. The molecule has 0 saturated carbocycles. The second kappa shape index (κ2) is 6.30. The molecule has 2 rings (SSSR count). The number of methoxy groups -OCH3 is 1. The van der Waals surface area contributed by atoms with Crippen LogP contribution >= 0.6 is 15.9 Å². The van der Waals surface area contributed by atoms with Crippen molar-refractivity contribution in [3.63, 3.8) is 0 Å². The molecular weight excluding hydrogens is 367 g/mol. The topological polar surface area (TPSA) is 64.1 Å². The van der Waals surface area contributed by atoms with E-state index in [9.17, 15) is 18.0 Å². The second-order valence-corrected chi connectivity index (χ2v) is 5.00. The summed E-state index contributed by atoms with van der Waals surface area (Å²) in [4.78, 5) is 18.4. The standard InChI is InChI=1S/C13H9BrF3N3O2/c1-22-11(21)9-6-18-12(20-10(9)13(15,16)17)19-8-4-2-3-7(14)5-8/h2-6H,1H3,(H,18,19,20). The van der Waals surface area contributed by atoms with E-state index in [-0.39, 0.29) is 5.95 Å². The van der Waals surface area contributed by atoms with Crippen molar-refractivity contribution in [1.29, 1.82) is 0 Å². The molecule has 0 aliphatic carbocycles. The number of rotatable bonds is 3. The highest BCUT2D eigenvalue weighted by Gasteiger charge is 2.38. The molecule has 0 saturated heterocycles. The fourth-order valence-electron chi connectivity index (χ4n) is 1.61. The van der Waals surface area contributed by atoms with E-state index in [0.29, 0.717) is 5.69 Å². The Balaban J connectivity index is 2.41. The number of hydrogen-bond acceptors (Lipinski definition) is 5. The van der Waals surface area contributed by atoms with Crippen molar-refractivity contribution in [2.45, 2.75) is 6.18 Å². The molecule has 5 nitrogen and oxygen atoms in total. The van der Waals surface area contributed by atoms with Gasteiger partial charge in [-0.15, -0.1) is 0 Å². The molecule has 0 atom stereocenters. The zero-order chi connectivity index (χ0) is 16.3. The summed E-state index contributed by atoms with van der Waals surface area (Å²) >= 11 is 3.24. The van der Waals surface area contributed by atoms with Crippen LogP contribution in [-0.2, 0) is 10.9 Å². The molecule has 0 spiro atoms. The number of nitrogens with one attached hydrogen (secondary N) is 1. The van der Waals surface area contributed by atoms with Crippen molar-refractivity contribution in [3.8, 4) is 0 Å². The number of aromatic nitrogens is 2. The van der Waals surface area contributed by atoms with Crippen LogP contribution in [-0.4, -0.2) is 23.0 Å². The maximum absolute atomic E-state index is 13.0. The van der Waals surface area contributed by atoms with Gasteiger partial charge in [-0.3, -0.25) is 0 Å². The van der Waals surface area contributed by atoms with E-state index >= 15 is 0 Å². The molecule has 0 aliphatic heterocycles. The van der Waals surface area contributed by atoms with Gasteiger partial charge in [-0.05, 0) is 18.2 Å². The summed E-state index contributed by atoms with van der Waals surface area (Å²) in [5.41, 5.74) is -1.60. The molecule has 1 N–H and O–H groups in total. The Labute approximate surface area is 131 Å². The fraction of sp³-hybridized carbons (Fsp3) is 0.154. The van der Waals surface area contributed by atoms with E-state index in [2.05, 4.69) is 36.0 Å². The highest BCUT2D eigenvalue weighted by molar-refractivity contribution is 9.10. The summed E-state index contributed by atoms with van der Waals surface area (Å²) in [6, 6.07) is 6.73. The van der Waals surface area contributed by atoms with Gasteiger partial charge in [0.05, 0.1) is 7.11 Å². The van der Waals surface area contributed by atoms with Gasteiger partial charge in [0.2, 0.25) is 5.95 Å². The van der Waals surface area contributed by atoms with Gasteiger partial charge in [0, 0.05) is 16.4 Å². The minimum absolute atomic E-state index is 0.280. The highest BCUT2D eigenvalue weighted by Crippen LogP contribution is 2.31. The summed E-state index contributed by atoms with van der Waals surface area (Å²) < 4.78 is 44.0. The van der Waals surface area contributed by atoms with Gasteiger partial charge >= 0.3 is 12.1 Å². The number of benzene rings is 1. The average molecular weight is 376 g/mol. The van der Waals surface area contributed by atoms with Crippen LogP contribution in [0.3, 0.4) is 0 Å². The smallest absolute Gasteiger partial charge is 0.434 e. The first kappa shape index (κ1) is 16.2. The van der Waals surface area contributed by atoms with E-state index < -0.39 is 23.4 Å². The van der Waals surface area contributed by atoms with Crippen molar-refractivity contribution >= 4 is 33.5 Å². The van der Waals surface area contributed by atoms with Crippen LogP contribution in [0.4, 0.5) is 24.8 Å².